The van der Waals surface area contributed by atoms with Gasteiger partial charge in [0.1, 0.15) is 22.8 Å². The van der Waals surface area contributed by atoms with Gasteiger partial charge in [-0.1, -0.05) is 170 Å². The first-order valence-corrected chi connectivity index (χ1v) is 31.3. The molecule has 0 spiro atoms. The van der Waals surface area contributed by atoms with Crippen molar-refractivity contribution in [3.8, 4) is 0 Å². The highest BCUT2D eigenvalue weighted by Gasteiger charge is 2.19. The molecule has 0 aliphatic rings. The van der Waals surface area contributed by atoms with E-state index in [1.807, 2.05) is 137 Å². The third kappa shape index (κ3) is 19.7. The van der Waals surface area contributed by atoms with Crippen molar-refractivity contribution in [2.75, 3.05) is 19.8 Å². The molecule has 4 aromatic heterocycles. The highest BCUT2D eigenvalue weighted by molar-refractivity contribution is 6.63. The zero-order valence-electron chi connectivity index (χ0n) is 53.4. The molecular weight excluding hydrogens is 1190 g/mol. The van der Waals surface area contributed by atoms with Gasteiger partial charge in [0, 0.05) is 41.2 Å². The van der Waals surface area contributed by atoms with Crippen LogP contribution in [0.3, 0.4) is 0 Å². The smallest absolute Gasteiger partial charge is 0.354 e. The molecule has 8 aromatic carbocycles. The third-order valence-electron chi connectivity index (χ3n) is 15.4. The number of rotatable bonds is 18. The first-order chi connectivity index (χ1) is 44.9. The Kier molecular flexibility index (Phi) is 24.6. The maximum Gasteiger partial charge on any atom is 0.354 e. The van der Waals surface area contributed by atoms with Gasteiger partial charge in [0.15, 0.2) is 5.78 Å². The summed E-state index contributed by atoms with van der Waals surface area (Å²) in [5, 5.41) is 18.3. The zero-order chi connectivity index (χ0) is 66.4. The Labute approximate surface area is 546 Å². The largest absolute Gasteiger partial charge is 0.477 e. The van der Waals surface area contributed by atoms with Crippen LogP contribution in [0.4, 0.5) is 0 Å². The Morgan fingerprint density at radius 1 is 0.366 bits per heavy atom. The number of carboxylic acids is 1. The summed E-state index contributed by atoms with van der Waals surface area (Å²) in [5.41, 5.74) is 12.5. The molecular formula is C78H77ClN4O10. The number of esters is 3. The first kappa shape index (κ1) is 68.3. The number of aryl methyl sites for hydroxylation is 8. The van der Waals surface area contributed by atoms with Crippen molar-refractivity contribution in [2.24, 2.45) is 0 Å². The van der Waals surface area contributed by atoms with E-state index in [-0.39, 0.29) is 28.7 Å². The minimum atomic E-state index is -0.907. The summed E-state index contributed by atoms with van der Waals surface area (Å²) in [6.45, 7) is 14.1. The van der Waals surface area contributed by atoms with Crippen molar-refractivity contribution < 1.29 is 48.1 Å². The van der Waals surface area contributed by atoms with Gasteiger partial charge in [-0.2, -0.15) is 0 Å². The van der Waals surface area contributed by atoms with Crippen molar-refractivity contribution in [2.45, 2.75) is 87.0 Å². The van der Waals surface area contributed by atoms with Gasteiger partial charge in [-0.3, -0.25) is 9.59 Å². The minimum Gasteiger partial charge on any atom is -0.477 e. The van der Waals surface area contributed by atoms with Gasteiger partial charge in [-0.15, -0.1) is 0 Å². The molecule has 0 fully saturated rings. The van der Waals surface area contributed by atoms with Crippen molar-refractivity contribution >= 4 is 89.6 Å². The van der Waals surface area contributed by atoms with Gasteiger partial charge in [-0.25, -0.2) is 19.2 Å². The molecule has 15 heteroatoms. The standard InChI is InChI=1S/C20H19NO3.C20H21NO2.C18H17NO2.C12H9ClO.C8H11NO2/c1-3-24-20(23)18-12-17(13(2)21-18)19(22)11-14-8-9-15-6-4-5-7-16(15)10-14;1-3-23-20(22)19-13-17(14(2)21-19)11-9-15-8-10-16-6-4-5-7-18(16)12-15;1-12-15(11-17(19-12)18(20)21)9-7-13-6-8-14-4-2-3-5-16(14)10-13;13-12(14)8-9-5-6-10-3-1-2-4-11(10)7-9;1-3-11-8(10)7-5-4-6(2)9-7/h4-10,12,21H,3,11H2,1-2H3;4-8,10,12-13,21H,3,9,11H2,1-2H3;2-6,8,10-11,19H,7,9H2,1H3,(H,20,21);1-7H,8H2;4-5,9H,3H2,1-2H3. The minimum absolute atomic E-state index is 0.0189. The lowest BCUT2D eigenvalue weighted by molar-refractivity contribution is -0.111. The maximum absolute atomic E-state index is 12.6. The second kappa shape index (κ2) is 33.5. The third-order valence-corrected chi connectivity index (χ3v) is 15.6. The number of halogens is 1. The van der Waals surface area contributed by atoms with E-state index in [9.17, 15) is 28.8 Å². The normalized spacial score (nSPS) is 10.6. The van der Waals surface area contributed by atoms with E-state index in [0.29, 0.717) is 61.0 Å². The molecule has 0 radical (unpaired) electrons. The van der Waals surface area contributed by atoms with Gasteiger partial charge < -0.3 is 39.3 Å². The number of ether oxygens (including phenoxy) is 3. The fourth-order valence-electron chi connectivity index (χ4n) is 10.6. The Morgan fingerprint density at radius 2 is 0.720 bits per heavy atom. The average molecular weight is 1270 g/mol. The number of carbonyl (C=O) groups is 6. The lowest BCUT2D eigenvalue weighted by Crippen LogP contribution is -2.05. The number of carboxylic acid groups (broad SMARTS) is 1. The van der Waals surface area contributed by atoms with Crippen LogP contribution < -0.4 is 0 Å². The Bertz CT molecular complexity index is 4570. The zero-order valence-corrected chi connectivity index (χ0v) is 54.2. The average Bonchev–Trinajstić information content (AvgIpc) is 1.94. The summed E-state index contributed by atoms with van der Waals surface area (Å²) < 4.78 is 14.8. The van der Waals surface area contributed by atoms with E-state index >= 15 is 0 Å². The number of nitrogens with one attached hydrogen (secondary N) is 4. The fraction of sp³-hybridized carbons (Fsp3) is 0.205. The van der Waals surface area contributed by atoms with Crippen LogP contribution in [0.2, 0.25) is 0 Å². The number of H-pyrrole nitrogens is 4. The van der Waals surface area contributed by atoms with Crippen LogP contribution in [-0.2, 0) is 57.5 Å². The Morgan fingerprint density at radius 3 is 1.11 bits per heavy atom. The number of aromatic amines is 4. The van der Waals surface area contributed by atoms with Crippen molar-refractivity contribution in [3.05, 3.63) is 285 Å². The lowest BCUT2D eigenvalue weighted by Gasteiger charge is -2.04. The molecule has 0 saturated carbocycles. The molecule has 5 N–H and O–H groups in total. The van der Waals surface area contributed by atoms with Gasteiger partial charge in [-0.05, 0) is 193 Å². The second-order valence-corrected chi connectivity index (χ2v) is 22.7. The number of hydrogen-bond donors (Lipinski definition) is 5. The van der Waals surface area contributed by atoms with E-state index in [1.165, 1.54) is 43.6 Å². The number of carbonyl (C=O) groups excluding carboxylic acids is 5. The molecule has 0 saturated heterocycles. The summed E-state index contributed by atoms with van der Waals surface area (Å²) in [7, 11) is 0. The quantitative estimate of drug-likeness (QED) is 0.0237. The maximum atomic E-state index is 12.6. The monoisotopic (exact) mass is 1260 g/mol. The molecule has 0 bridgehead atoms. The van der Waals surface area contributed by atoms with Crippen LogP contribution in [-0.4, -0.2) is 79.8 Å². The topological polar surface area (TPSA) is 213 Å². The van der Waals surface area contributed by atoms with Crippen LogP contribution in [0, 0.1) is 27.7 Å². The lowest BCUT2D eigenvalue weighted by atomic mass is 10.0. The van der Waals surface area contributed by atoms with Crippen LogP contribution >= 0.6 is 11.6 Å². The molecule has 14 nitrogen and oxygen atoms in total. The summed E-state index contributed by atoms with van der Waals surface area (Å²) in [4.78, 5) is 80.7. The summed E-state index contributed by atoms with van der Waals surface area (Å²) in [6, 6.07) is 66.6. The van der Waals surface area contributed by atoms with Crippen molar-refractivity contribution in [1.82, 2.24) is 19.9 Å². The molecule has 0 amide bonds. The summed E-state index contributed by atoms with van der Waals surface area (Å²) in [6.07, 6.45) is 4.20. The number of aromatic carboxylic acids is 1. The highest BCUT2D eigenvalue weighted by Crippen LogP contribution is 2.23. The van der Waals surface area contributed by atoms with Crippen LogP contribution in [0.1, 0.15) is 129 Å². The Hall–Kier alpha value is -10.6. The molecule has 0 aliphatic heterocycles. The molecule has 12 aromatic rings. The molecule has 0 unspecified atom stereocenters. The van der Waals surface area contributed by atoms with E-state index < -0.39 is 11.9 Å². The Balaban J connectivity index is 0.000000153. The number of aromatic nitrogens is 4. The van der Waals surface area contributed by atoms with Crippen LogP contribution in [0.5, 0.6) is 0 Å². The van der Waals surface area contributed by atoms with Gasteiger partial charge in [0.2, 0.25) is 5.24 Å². The van der Waals surface area contributed by atoms with E-state index in [4.69, 9.17) is 30.9 Å². The SMILES string of the molecule is CCOC(=O)c1cc(C(=O)Cc2ccc3ccccc3c2)c(C)[nH]1.CCOC(=O)c1cc(CCc2ccc3ccccc3c2)c(C)[nH]1.CCOC(=O)c1ccc(C)[nH]1.Cc1[nH]c(C(=O)O)cc1CCc1ccc2ccccc2c1.O=C(Cl)Cc1ccc2ccccc2c1. The van der Waals surface area contributed by atoms with Gasteiger partial charge >= 0.3 is 23.9 Å². The van der Waals surface area contributed by atoms with Crippen molar-refractivity contribution in [1.29, 1.82) is 0 Å². The molecule has 12 rings (SSSR count). The molecule has 0 aliphatic carbocycles. The fourth-order valence-corrected chi connectivity index (χ4v) is 10.8. The highest BCUT2D eigenvalue weighted by atomic mass is 35.5. The molecule has 476 valence electrons. The van der Waals surface area contributed by atoms with E-state index in [1.54, 1.807) is 39.0 Å². The van der Waals surface area contributed by atoms with Gasteiger partial charge in [0.05, 0.1) is 19.8 Å². The molecule has 4 heterocycles. The number of hydrogen-bond acceptors (Lipinski definition) is 9. The van der Waals surface area contributed by atoms with Crippen molar-refractivity contribution in [3.63, 3.8) is 0 Å². The number of ketones is 1. The predicted octanol–water partition coefficient (Wildman–Crippen LogP) is 17.1. The predicted molar refractivity (Wildman–Crippen MR) is 370 cm³/mol. The van der Waals surface area contributed by atoms with Crippen LogP contribution in [0.25, 0.3) is 43.1 Å². The van der Waals surface area contributed by atoms with E-state index in [0.717, 1.165) is 75.6 Å². The molecule has 93 heavy (non-hydrogen) atoms. The number of Topliss-reactive ketones (excluding diaryl/α,β-unsaturated/α-hetero) is 1. The first-order valence-electron chi connectivity index (χ1n) is 31.0. The second-order valence-electron chi connectivity index (χ2n) is 22.3. The van der Waals surface area contributed by atoms with Crippen LogP contribution in [0.15, 0.2) is 200 Å². The number of fused-ring (bicyclic) bond motifs is 4. The summed E-state index contributed by atoms with van der Waals surface area (Å²) in [5.74, 6) is -1.94. The van der Waals surface area contributed by atoms with Gasteiger partial charge in [0.25, 0.3) is 0 Å². The molecule has 0 atom stereocenters. The number of benzene rings is 8. The summed E-state index contributed by atoms with van der Waals surface area (Å²) >= 11 is 5.32. The van der Waals surface area contributed by atoms with E-state index in [2.05, 4.69) is 92.7 Å².